The average molecular weight is 412 g/mol. The van der Waals surface area contributed by atoms with Gasteiger partial charge in [-0.05, 0) is 43.4 Å². The monoisotopic (exact) mass is 411 g/mol. The Balaban J connectivity index is 1.45. The summed E-state index contributed by atoms with van der Waals surface area (Å²) in [5.41, 5.74) is 2.93. The largest absolute Gasteiger partial charge is 0.342 e. The van der Waals surface area contributed by atoms with Crippen molar-refractivity contribution in [1.82, 2.24) is 14.9 Å². The van der Waals surface area contributed by atoms with E-state index in [-0.39, 0.29) is 23.7 Å². The number of piperidine rings is 1. The number of halogens is 1. The molecule has 2 aromatic rings. The first-order valence-electron chi connectivity index (χ1n) is 9.96. The predicted octanol–water partition coefficient (Wildman–Crippen LogP) is 3.90. The van der Waals surface area contributed by atoms with Crippen LogP contribution >= 0.6 is 11.6 Å². The maximum absolute atomic E-state index is 12.9. The summed E-state index contributed by atoms with van der Waals surface area (Å²) in [6, 6.07) is 7.28. The van der Waals surface area contributed by atoms with Gasteiger partial charge in [-0.1, -0.05) is 30.7 Å². The van der Waals surface area contributed by atoms with Gasteiger partial charge in [0, 0.05) is 36.0 Å². The second kappa shape index (κ2) is 8.11. The number of likely N-dealkylation sites (tertiary alicyclic amines) is 1. The second-order valence-electron chi connectivity index (χ2n) is 7.88. The van der Waals surface area contributed by atoms with Crippen LogP contribution in [0, 0.1) is 6.92 Å². The third-order valence-electron chi connectivity index (χ3n) is 5.92. The molecule has 3 heterocycles. The Kier molecular flexibility index (Phi) is 5.54. The van der Waals surface area contributed by atoms with E-state index in [1.54, 1.807) is 12.1 Å². The molecule has 1 radical (unpaired) electrons. The van der Waals surface area contributed by atoms with Crippen molar-refractivity contribution in [2.45, 2.75) is 43.9 Å². The molecule has 1 fully saturated rings. The van der Waals surface area contributed by atoms with Gasteiger partial charge in [0.15, 0.2) is 0 Å². The molecule has 2 aliphatic rings. The standard InChI is InChI=1S/C22H24ClN4O2/c1-13-11-18(28)26-21-19(13)20(24-12-25-21)16-7-9-27(10-8-16)22(29)14(2)15-3-5-17(23)6-4-15/h3-6,12-14,16H,2,7-11H2,1H3,(H,24,25,26,28)/t13-,14+/m1/s1. The van der Waals surface area contributed by atoms with Gasteiger partial charge in [0.25, 0.3) is 0 Å². The molecule has 0 saturated carbocycles. The Bertz CT molecular complexity index is 923. The second-order valence-corrected chi connectivity index (χ2v) is 8.31. The van der Waals surface area contributed by atoms with Gasteiger partial charge in [-0.25, -0.2) is 9.97 Å². The van der Waals surface area contributed by atoms with E-state index in [0.29, 0.717) is 30.4 Å². The summed E-state index contributed by atoms with van der Waals surface area (Å²) < 4.78 is 0. The molecule has 151 valence electrons. The summed E-state index contributed by atoms with van der Waals surface area (Å²) in [4.78, 5) is 35.4. The van der Waals surface area contributed by atoms with Crippen LogP contribution in [-0.4, -0.2) is 39.8 Å². The van der Waals surface area contributed by atoms with Crippen LogP contribution in [0.2, 0.25) is 5.02 Å². The highest BCUT2D eigenvalue weighted by atomic mass is 35.5. The molecule has 1 N–H and O–H groups in total. The van der Waals surface area contributed by atoms with E-state index < -0.39 is 5.92 Å². The van der Waals surface area contributed by atoms with E-state index >= 15 is 0 Å². The molecule has 0 spiro atoms. The summed E-state index contributed by atoms with van der Waals surface area (Å²) in [7, 11) is 0. The zero-order valence-electron chi connectivity index (χ0n) is 16.4. The number of nitrogens with zero attached hydrogens (tertiary/aromatic N) is 3. The zero-order chi connectivity index (χ0) is 20.5. The molecule has 0 aliphatic carbocycles. The van der Waals surface area contributed by atoms with Gasteiger partial charge in [-0.2, -0.15) is 0 Å². The van der Waals surface area contributed by atoms with Gasteiger partial charge in [0.2, 0.25) is 11.8 Å². The molecule has 0 unspecified atom stereocenters. The number of rotatable bonds is 3. The number of amides is 2. The van der Waals surface area contributed by atoms with Crippen LogP contribution in [-0.2, 0) is 9.59 Å². The first-order valence-corrected chi connectivity index (χ1v) is 10.3. The molecule has 6 nitrogen and oxygen atoms in total. The van der Waals surface area contributed by atoms with E-state index in [9.17, 15) is 9.59 Å². The fraction of sp³-hybridized carbons (Fsp3) is 0.409. The number of aromatic nitrogens is 2. The molecule has 2 aliphatic heterocycles. The van der Waals surface area contributed by atoms with E-state index in [2.05, 4.69) is 22.2 Å². The van der Waals surface area contributed by atoms with Crippen molar-refractivity contribution < 1.29 is 9.59 Å². The lowest BCUT2D eigenvalue weighted by Crippen LogP contribution is -2.40. The topological polar surface area (TPSA) is 75.2 Å². The van der Waals surface area contributed by atoms with Gasteiger partial charge in [-0.3, -0.25) is 9.59 Å². The van der Waals surface area contributed by atoms with E-state index in [1.807, 2.05) is 24.0 Å². The molecular formula is C22H24ClN4O2. The number of anilines is 1. The molecule has 0 bridgehead atoms. The first-order chi connectivity index (χ1) is 13.9. The van der Waals surface area contributed by atoms with E-state index in [1.165, 1.54) is 6.33 Å². The minimum Gasteiger partial charge on any atom is -0.342 e. The van der Waals surface area contributed by atoms with E-state index in [4.69, 9.17) is 11.6 Å². The Hall–Kier alpha value is -2.47. The van der Waals surface area contributed by atoms with Crippen LogP contribution in [0.5, 0.6) is 0 Å². The smallest absolute Gasteiger partial charge is 0.230 e. The quantitative estimate of drug-likeness (QED) is 0.831. The summed E-state index contributed by atoms with van der Waals surface area (Å²) in [6.45, 7) is 7.45. The number of hydrogen-bond donors (Lipinski definition) is 1. The Labute approximate surface area is 175 Å². The number of carbonyl (C=O) groups excluding carboxylic acids is 2. The van der Waals surface area contributed by atoms with Crippen molar-refractivity contribution in [3.8, 4) is 0 Å². The Morgan fingerprint density at radius 3 is 2.62 bits per heavy atom. The summed E-state index contributed by atoms with van der Waals surface area (Å²) in [5.74, 6) is 0.592. The van der Waals surface area contributed by atoms with Gasteiger partial charge < -0.3 is 10.2 Å². The number of fused-ring (bicyclic) bond motifs is 1. The van der Waals surface area contributed by atoms with Crippen molar-refractivity contribution in [1.29, 1.82) is 0 Å². The molecule has 1 saturated heterocycles. The van der Waals surface area contributed by atoms with Crippen molar-refractivity contribution in [3.05, 3.63) is 59.4 Å². The Morgan fingerprint density at radius 2 is 1.93 bits per heavy atom. The number of carbonyl (C=O) groups is 2. The lowest BCUT2D eigenvalue weighted by Gasteiger charge is -2.35. The predicted molar refractivity (Wildman–Crippen MR) is 112 cm³/mol. The number of nitrogens with one attached hydrogen (secondary N) is 1. The normalized spacial score (nSPS) is 20.7. The summed E-state index contributed by atoms with van der Waals surface area (Å²) in [5, 5.41) is 3.51. The highest BCUT2D eigenvalue weighted by molar-refractivity contribution is 6.30. The molecule has 2 atom stereocenters. The summed E-state index contributed by atoms with van der Waals surface area (Å²) in [6.07, 6.45) is 3.65. The van der Waals surface area contributed by atoms with Gasteiger partial charge in [0.1, 0.15) is 12.1 Å². The SMILES string of the molecule is [CH2][C@H](C(=O)N1CCC(c2ncnc3c2[C@H](C)CC(=O)N3)CC1)c1ccc(Cl)cc1. The van der Waals surface area contributed by atoms with Gasteiger partial charge in [-0.15, -0.1) is 0 Å². The fourth-order valence-electron chi connectivity index (χ4n) is 4.31. The van der Waals surface area contributed by atoms with Crippen LogP contribution in [0.3, 0.4) is 0 Å². The average Bonchev–Trinajstić information content (AvgIpc) is 2.72. The van der Waals surface area contributed by atoms with Crippen LogP contribution in [0.4, 0.5) is 5.82 Å². The summed E-state index contributed by atoms with van der Waals surface area (Å²) >= 11 is 5.94. The third kappa shape index (κ3) is 3.99. The molecular weight excluding hydrogens is 388 g/mol. The molecule has 7 heteroatoms. The lowest BCUT2D eigenvalue weighted by atomic mass is 9.84. The maximum Gasteiger partial charge on any atom is 0.230 e. The number of hydrogen-bond acceptors (Lipinski definition) is 4. The molecule has 1 aromatic carbocycles. The Morgan fingerprint density at radius 1 is 1.24 bits per heavy atom. The van der Waals surface area contributed by atoms with Gasteiger partial charge >= 0.3 is 0 Å². The molecule has 2 amide bonds. The molecule has 4 rings (SSSR count). The van der Waals surface area contributed by atoms with Crippen molar-refractivity contribution in [2.24, 2.45) is 0 Å². The van der Waals surface area contributed by atoms with Crippen molar-refractivity contribution >= 4 is 29.2 Å². The van der Waals surface area contributed by atoms with E-state index in [0.717, 1.165) is 29.7 Å². The molecule has 1 aromatic heterocycles. The lowest BCUT2D eigenvalue weighted by molar-refractivity contribution is -0.132. The third-order valence-corrected chi connectivity index (χ3v) is 6.17. The van der Waals surface area contributed by atoms with Gasteiger partial charge in [0.05, 0.1) is 11.6 Å². The zero-order valence-corrected chi connectivity index (χ0v) is 17.2. The first kappa shape index (κ1) is 19.8. The van der Waals surface area contributed by atoms with Crippen molar-refractivity contribution in [2.75, 3.05) is 18.4 Å². The van der Waals surface area contributed by atoms with Crippen LogP contribution in [0.25, 0.3) is 0 Å². The minimum atomic E-state index is -0.439. The highest BCUT2D eigenvalue weighted by Gasteiger charge is 2.33. The van der Waals surface area contributed by atoms with Crippen molar-refractivity contribution in [3.63, 3.8) is 0 Å². The van der Waals surface area contributed by atoms with Crippen LogP contribution in [0.15, 0.2) is 30.6 Å². The maximum atomic E-state index is 12.9. The van der Waals surface area contributed by atoms with Crippen LogP contribution < -0.4 is 5.32 Å². The highest BCUT2D eigenvalue weighted by Crippen LogP contribution is 2.38. The van der Waals surface area contributed by atoms with Crippen LogP contribution in [0.1, 0.15) is 60.8 Å². The number of benzene rings is 1. The fourth-order valence-corrected chi connectivity index (χ4v) is 4.44. The molecule has 29 heavy (non-hydrogen) atoms. The minimum absolute atomic E-state index is 0.00115.